The van der Waals surface area contributed by atoms with Crippen molar-refractivity contribution in [2.75, 3.05) is 46.5 Å². The standard InChI is InChI=1S/C15H30N2O3/c1-4-16-14(15(18)20-5-2)8-9-17(3)10-11-19-12-13-6-7-13/h13-14,16H,4-12H2,1-3H3. The van der Waals surface area contributed by atoms with E-state index in [1.54, 1.807) is 0 Å². The highest BCUT2D eigenvalue weighted by atomic mass is 16.5. The van der Waals surface area contributed by atoms with Gasteiger partial charge in [0.15, 0.2) is 0 Å². The van der Waals surface area contributed by atoms with E-state index in [-0.39, 0.29) is 12.0 Å². The van der Waals surface area contributed by atoms with Gasteiger partial charge in [-0.05, 0) is 52.2 Å². The van der Waals surface area contributed by atoms with Crippen LogP contribution in [0.2, 0.25) is 0 Å². The Labute approximate surface area is 123 Å². The molecule has 0 aliphatic heterocycles. The molecule has 1 unspecified atom stereocenters. The highest BCUT2D eigenvalue weighted by Crippen LogP contribution is 2.28. The summed E-state index contributed by atoms with van der Waals surface area (Å²) >= 11 is 0. The number of nitrogens with zero attached hydrogens (tertiary/aromatic N) is 1. The number of rotatable bonds is 12. The molecule has 1 aliphatic carbocycles. The average Bonchev–Trinajstić information content (AvgIpc) is 3.24. The smallest absolute Gasteiger partial charge is 0.323 e. The van der Waals surface area contributed by atoms with Crippen LogP contribution in [0.1, 0.15) is 33.1 Å². The summed E-state index contributed by atoms with van der Waals surface area (Å²) in [6, 6.07) is -0.199. The minimum atomic E-state index is -0.199. The van der Waals surface area contributed by atoms with Crippen molar-refractivity contribution >= 4 is 5.97 Å². The molecule has 1 fully saturated rings. The third-order valence-corrected chi connectivity index (χ3v) is 3.49. The Kier molecular flexibility index (Phi) is 8.82. The van der Waals surface area contributed by atoms with Crippen molar-refractivity contribution in [3.8, 4) is 0 Å². The van der Waals surface area contributed by atoms with E-state index < -0.39 is 0 Å². The normalized spacial score (nSPS) is 16.4. The van der Waals surface area contributed by atoms with Crippen molar-refractivity contribution in [2.45, 2.75) is 39.2 Å². The fraction of sp³-hybridized carbons (Fsp3) is 0.933. The fourth-order valence-electron chi connectivity index (χ4n) is 2.01. The second-order valence-electron chi connectivity index (χ2n) is 5.47. The number of nitrogens with one attached hydrogen (secondary N) is 1. The zero-order valence-corrected chi connectivity index (χ0v) is 13.2. The second-order valence-corrected chi connectivity index (χ2v) is 5.47. The van der Waals surface area contributed by atoms with E-state index >= 15 is 0 Å². The van der Waals surface area contributed by atoms with Crippen molar-refractivity contribution in [3.63, 3.8) is 0 Å². The maximum absolute atomic E-state index is 11.8. The summed E-state index contributed by atoms with van der Waals surface area (Å²) in [5, 5.41) is 3.18. The fourth-order valence-corrected chi connectivity index (χ4v) is 2.01. The molecule has 5 heteroatoms. The van der Waals surface area contributed by atoms with E-state index in [1.807, 2.05) is 13.8 Å². The largest absolute Gasteiger partial charge is 0.465 e. The van der Waals surface area contributed by atoms with Crippen molar-refractivity contribution in [1.29, 1.82) is 0 Å². The van der Waals surface area contributed by atoms with Crippen molar-refractivity contribution in [2.24, 2.45) is 5.92 Å². The molecule has 0 aromatic rings. The predicted octanol–water partition coefficient (Wildman–Crippen LogP) is 1.28. The molecule has 1 rings (SSSR count). The first kappa shape index (κ1) is 17.4. The SMILES string of the molecule is CCNC(CCN(C)CCOCC1CC1)C(=O)OCC. The minimum absolute atomic E-state index is 0.146. The monoisotopic (exact) mass is 286 g/mol. The average molecular weight is 286 g/mol. The van der Waals surface area contributed by atoms with Crippen LogP contribution in [0.3, 0.4) is 0 Å². The zero-order valence-electron chi connectivity index (χ0n) is 13.2. The number of carbonyl (C=O) groups is 1. The number of carbonyl (C=O) groups excluding carboxylic acids is 1. The summed E-state index contributed by atoms with van der Waals surface area (Å²) in [4.78, 5) is 14.0. The second kappa shape index (κ2) is 10.1. The van der Waals surface area contributed by atoms with Gasteiger partial charge in [0, 0.05) is 13.2 Å². The van der Waals surface area contributed by atoms with Crippen LogP contribution in [0, 0.1) is 5.92 Å². The van der Waals surface area contributed by atoms with Crippen molar-refractivity contribution in [3.05, 3.63) is 0 Å². The van der Waals surface area contributed by atoms with Gasteiger partial charge in [-0.3, -0.25) is 4.79 Å². The van der Waals surface area contributed by atoms with Gasteiger partial charge in [0.1, 0.15) is 6.04 Å². The lowest BCUT2D eigenvalue weighted by Crippen LogP contribution is -2.40. The molecule has 5 nitrogen and oxygen atoms in total. The van der Waals surface area contributed by atoms with Gasteiger partial charge in [0.25, 0.3) is 0 Å². The third-order valence-electron chi connectivity index (χ3n) is 3.49. The van der Waals surface area contributed by atoms with E-state index in [0.717, 1.165) is 45.2 Å². The molecule has 118 valence electrons. The van der Waals surface area contributed by atoms with E-state index in [9.17, 15) is 4.79 Å². The first-order chi connectivity index (χ1) is 9.67. The molecule has 0 aromatic carbocycles. The Morgan fingerprint density at radius 3 is 2.70 bits per heavy atom. The lowest BCUT2D eigenvalue weighted by Gasteiger charge is -2.21. The van der Waals surface area contributed by atoms with Crippen LogP contribution in [0.15, 0.2) is 0 Å². The summed E-state index contributed by atoms with van der Waals surface area (Å²) < 4.78 is 10.7. The Balaban J connectivity index is 2.10. The number of likely N-dealkylation sites (N-methyl/N-ethyl adjacent to an activating group) is 2. The molecule has 0 bridgehead atoms. The number of esters is 1. The molecule has 0 aromatic heterocycles. The van der Waals surface area contributed by atoms with Gasteiger partial charge >= 0.3 is 5.97 Å². The van der Waals surface area contributed by atoms with Crippen LogP contribution in [0.5, 0.6) is 0 Å². The molecule has 0 radical (unpaired) electrons. The lowest BCUT2D eigenvalue weighted by molar-refractivity contribution is -0.145. The van der Waals surface area contributed by atoms with Gasteiger partial charge in [-0.2, -0.15) is 0 Å². The summed E-state index contributed by atoms with van der Waals surface area (Å²) in [5.74, 6) is 0.676. The number of ether oxygens (including phenoxy) is 2. The van der Waals surface area contributed by atoms with Crippen LogP contribution in [-0.2, 0) is 14.3 Å². The first-order valence-corrected chi connectivity index (χ1v) is 7.83. The Morgan fingerprint density at radius 1 is 1.35 bits per heavy atom. The Hall–Kier alpha value is -0.650. The van der Waals surface area contributed by atoms with Crippen LogP contribution in [0.4, 0.5) is 0 Å². The Morgan fingerprint density at radius 2 is 2.10 bits per heavy atom. The molecule has 1 saturated carbocycles. The Bertz CT molecular complexity index is 270. The maximum Gasteiger partial charge on any atom is 0.323 e. The molecule has 0 spiro atoms. The molecular formula is C15H30N2O3. The quantitative estimate of drug-likeness (QED) is 0.432. The van der Waals surface area contributed by atoms with Crippen LogP contribution in [-0.4, -0.2) is 63.4 Å². The van der Waals surface area contributed by atoms with Gasteiger partial charge < -0.3 is 19.7 Å². The molecule has 1 atom stereocenters. The molecule has 1 N–H and O–H groups in total. The van der Waals surface area contributed by atoms with Gasteiger partial charge in [0.05, 0.1) is 13.2 Å². The maximum atomic E-state index is 11.8. The summed E-state index contributed by atoms with van der Waals surface area (Å²) in [6.45, 7) is 8.52. The number of hydrogen-bond donors (Lipinski definition) is 1. The van der Waals surface area contributed by atoms with E-state index in [0.29, 0.717) is 6.61 Å². The summed E-state index contributed by atoms with van der Waals surface area (Å²) in [7, 11) is 2.06. The van der Waals surface area contributed by atoms with E-state index in [1.165, 1.54) is 12.8 Å². The summed E-state index contributed by atoms with van der Waals surface area (Å²) in [6.07, 6.45) is 3.44. The first-order valence-electron chi connectivity index (χ1n) is 7.83. The zero-order chi connectivity index (χ0) is 14.8. The van der Waals surface area contributed by atoms with Gasteiger partial charge in [-0.1, -0.05) is 6.92 Å². The molecule has 20 heavy (non-hydrogen) atoms. The minimum Gasteiger partial charge on any atom is -0.465 e. The van der Waals surface area contributed by atoms with Crippen molar-refractivity contribution in [1.82, 2.24) is 10.2 Å². The van der Waals surface area contributed by atoms with Crippen molar-refractivity contribution < 1.29 is 14.3 Å². The van der Waals surface area contributed by atoms with Crippen LogP contribution < -0.4 is 5.32 Å². The lowest BCUT2D eigenvalue weighted by atomic mass is 10.2. The molecule has 0 saturated heterocycles. The molecule has 0 heterocycles. The topological polar surface area (TPSA) is 50.8 Å². The van der Waals surface area contributed by atoms with Crippen LogP contribution >= 0.6 is 0 Å². The van der Waals surface area contributed by atoms with Crippen LogP contribution in [0.25, 0.3) is 0 Å². The predicted molar refractivity (Wildman–Crippen MR) is 79.8 cm³/mol. The molecule has 1 aliphatic rings. The van der Waals surface area contributed by atoms with E-state index in [2.05, 4.69) is 17.3 Å². The van der Waals surface area contributed by atoms with Gasteiger partial charge in [-0.25, -0.2) is 0 Å². The van der Waals surface area contributed by atoms with Gasteiger partial charge in [-0.15, -0.1) is 0 Å². The molecular weight excluding hydrogens is 256 g/mol. The summed E-state index contributed by atoms with van der Waals surface area (Å²) in [5.41, 5.74) is 0. The highest BCUT2D eigenvalue weighted by Gasteiger charge is 2.21. The van der Waals surface area contributed by atoms with E-state index in [4.69, 9.17) is 9.47 Å². The third kappa shape index (κ3) is 7.82. The van der Waals surface area contributed by atoms with Gasteiger partial charge in [0.2, 0.25) is 0 Å². The highest BCUT2D eigenvalue weighted by molar-refractivity contribution is 5.75. The number of hydrogen-bond acceptors (Lipinski definition) is 5. The molecule has 0 amide bonds.